The summed E-state index contributed by atoms with van der Waals surface area (Å²) in [7, 11) is 1.74. The van der Waals surface area contributed by atoms with Crippen LogP contribution in [0.5, 0.6) is 0 Å². The smallest absolute Gasteiger partial charge is 0.305 e. The van der Waals surface area contributed by atoms with Gasteiger partial charge in [0.1, 0.15) is 0 Å². The lowest BCUT2D eigenvalue weighted by Crippen LogP contribution is -2.40. The van der Waals surface area contributed by atoms with E-state index >= 15 is 0 Å². The molecule has 1 aromatic rings. The summed E-state index contributed by atoms with van der Waals surface area (Å²) in [5.74, 6) is -1.40. The molecule has 1 aliphatic heterocycles. The van der Waals surface area contributed by atoms with E-state index in [9.17, 15) is 14.4 Å². The molecule has 0 saturated carbocycles. The van der Waals surface area contributed by atoms with Gasteiger partial charge in [0.2, 0.25) is 0 Å². The lowest BCUT2D eigenvalue weighted by atomic mass is 10.2. The van der Waals surface area contributed by atoms with Crippen LogP contribution < -0.4 is 4.90 Å². The highest BCUT2D eigenvalue weighted by molar-refractivity contribution is 8.15. The van der Waals surface area contributed by atoms with Crippen molar-refractivity contribution >= 4 is 34.6 Å². The predicted octanol–water partition coefficient (Wildman–Crippen LogP) is 1.93. The van der Waals surface area contributed by atoms with E-state index in [0.29, 0.717) is 0 Å². The van der Waals surface area contributed by atoms with Crippen LogP contribution in [-0.2, 0) is 9.59 Å². The Bertz CT molecular complexity index is 573. The molecule has 1 atom stereocenters. The molecule has 1 aliphatic rings. The average Bonchev–Trinajstić information content (AvgIpc) is 2.72. The molecule has 0 bridgehead atoms. The van der Waals surface area contributed by atoms with Gasteiger partial charge in [-0.3, -0.25) is 19.3 Å². The fourth-order valence-electron chi connectivity index (χ4n) is 2.00. The molecule has 1 unspecified atom stereocenters. The third-order valence-corrected chi connectivity index (χ3v) is 4.42. The molecule has 21 heavy (non-hydrogen) atoms. The number of imide groups is 1. The Kier molecular flexibility index (Phi) is 4.52. The number of hydrogen-bond donors (Lipinski definition) is 1. The Morgan fingerprint density at radius 2 is 1.95 bits per heavy atom. The van der Waals surface area contributed by atoms with Crippen LogP contribution in [0.3, 0.4) is 0 Å². The van der Waals surface area contributed by atoms with Crippen LogP contribution in [0.1, 0.15) is 12.0 Å². The predicted molar refractivity (Wildman–Crippen MR) is 80.3 cm³/mol. The standard InChI is InChI=1S/C14H16N2O4S/c1-9-3-5-10(6-4-9)15(2)13-12(19)16(14(20)21-13)8-7-11(17)18/h3-6,13H,7-8H2,1-2H3,(H,17,18). The third kappa shape index (κ3) is 3.36. The second kappa shape index (κ2) is 6.17. The summed E-state index contributed by atoms with van der Waals surface area (Å²) in [6.45, 7) is 1.88. The second-order valence-electron chi connectivity index (χ2n) is 4.82. The van der Waals surface area contributed by atoms with Gasteiger partial charge < -0.3 is 10.0 Å². The highest BCUT2D eigenvalue weighted by Crippen LogP contribution is 2.31. The molecule has 7 heteroatoms. The minimum absolute atomic E-state index is 0.0851. The number of carbonyl (C=O) groups is 3. The molecule has 2 amide bonds. The van der Waals surface area contributed by atoms with Crippen molar-refractivity contribution in [3.63, 3.8) is 0 Å². The number of amides is 2. The van der Waals surface area contributed by atoms with E-state index in [4.69, 9.17) is 5.11 Å². The molecule has 1 fully saturated rings. The number of rotatable bonds is 5. The van der Waals surface area contributed by atoms with Crippen LogP contribution in [0.25, 0.3) is 0 Å². The first kappa shape index (κ1) is 15.4. The van der Waals surface area contributed by atoms with E-state index in [0.717, 1.165) is 27.9 Å². The van der Waals surface area contributed by atoms with Crippen LogP contribution >= 0.6 is 11.8 Å². The van der Waals surface area contributed by atoms with E-state index in [1.165, 1.54) is 0 Å². The van der Waals surface area contributed by atoms with Gasteiger partial charge >= 0.3 is 5.97 Å². The van der Waals surface area contributed by atoms with Gasteiger partial charge in [-0.2, -0.15) is 0 Å². The first-order chi connectivity index (χ1) is 9.90. The van der Waals surface area contributed by atoms with Gasteiger partial charge in [-0.25, -0.2) is 0 Å². The molecule has 0 aromatic heterocycles. The van der Waals surface area contributed by atoms with Crippen molar-refractivity contribution in [1.82, 2.24) is 4.90 Å². The molecular weight excluding hydrogens is 292 g/mol. The minimum atomic E-state index is -1.03. The van der Waals surface area contributed by atoms with Crippen molar-refractivity contribution in [1.29, 1.82) is 0 Å². The molecule has 0 aliphatic carbocycles. The van der Waals surface area contributed by atoms with Crippen molar-refractivity contribution in [3.8, 4) is 0 Å². The van der Waals surface area contributed by atoms with Crippen LogP contribution in [0, 0.1) is 6.92 Å². The second-order valence-corrected chi connectivity index (χ2v) is 5.85. The summed E-state index contributed by atoms with van der Waals surface area (Å²) in [6, 6.07) is 7.63. The number of thioether (sulfide) groups is 1. The van der Waals surface area contributed by atoms with Crippen molar-refractivity contribution in [2.75, 3.05) is 18.5 Å². The Labute approximate surface area is 126 Å². The molecule has 2 rings (SSSR count). The van der Waals surface area contributed by atoms with Crippen LogP contribution in [-0.4, -0.2) is 46.1 Å². The topological polar surface area (TPSA) is 77.9 Å². The molecule has 112 valence electrons. The number of likely N-dealkylation sites (N-methyl/N-ethyl adjacent to an activating group) is 1. The zero-order chi connectivity index (χ0) is 15.6. The van der Waals surface area contributed by atoms with Gasteiger partial charge in [0, 0.05) is 19.3 Å². The van der Waals surface area contributed by atoms with Gasteiger partial charge in [-0.15, -0.1) is 0 Å². The van der Waals surface area contributed by atoms with E-state index < -0.39 is 16.6 Å². The number of aliphatic carboxylic acids is 1. The lowest BCUT2D eigenvalue weighted by molar-refractivity contribution is -0.137. The van der Waals surface area contributed by atoms with Gasteiger partial charge in [0.25, 0.3) is 11.1 Å². The van der Waals surface area contributed by atoms with E-state index in [1.807, 2.05) is 31.2 Å². The average molecular weight is 308 g/mol. The van der Waals surface area contributed by atoms with Crippen molar-refractivity contribution in [3.05, 3.63) is 29.8 Å². The van der Waals surface area contributed by atoms with Gasteiger partial charge in [0.15, 0.2) is 5.37 Å². The highest BCUT2D eigenvalue weighted by Gasteiger charge is 2.42. The number of nitrogens with zero attached hydrogens (tertiary/aromatic N) is 2. The van der Waals surface area contributed by atoms with Gasteiger partial charge in [-0.05, 0) is 30.8 Å². The summed E-state index contributed by atoms with van der Waals surface area (Å²) in [5, 5.41) is 7.62. The number of carboxylic acid groups (broad SMARTS) is 1. The summed E-state index contributed by atoms with van der Waals surface area (Å²) >= 11 is 0.911. The quantitative estimate of drug-likeness (QED) is 0.895. The summed E-state index contributed by atoms with van der Waals surface area (Å²) in [4.78, 5) is 37.4. The Morgan fingerprint density at radius 3 is 2.52 bits per heavy atom. The minimum Gasteiger partial charge on any atom is -0.481 e. The maximum atomic E-state index is 12.3. The Hall–Kier alpha value is -2.02. The number of carboxylic acids is 1. The fraction of sp³-hybridized carbons (Fsp3) is 0.357. The molecule has 0 radical (unpaired) electrons. The van der Waals surface area contributed by atoms with E-state index in [2.05, 4.69) is 0 Å². The summed E-state index contributed by atoms with van der Waals surface area (Å²) in [5.41, 5.74) is 1.94. The zero-order valence-corrected chi connectivity index (χ0v) is 12.6. The number of hydrogen-bond acceptors (Lipinski definition) is 5. The zero-order valence-electron chi connectivity index (χ0n) is 11.8. The molecule has 1 heterocycles. The van der Waals surface area contributed by atoms with Crippen molar-refractivity contribution in [2.24, 2.45) is 0 Å². The Balaban J connectivity index is 2.10. The number of carbonyl (C=O) groups excluding carboxylic acids is 2. The van der Waals surface area contributed by atoms with Crippen LogP contribution in [0.15, 0.2) is 24.3 Å². The number of aryl methyl sites for hydroxylation is 1. The maximum Gasteiger partial charge on any atom is 0.305 e. The summed E-state index contributed by atoms with van der Waals surface area (Å²) in [6.07, 6.45) is -0.237. The summed E-state index contributed by atoms with van der Waals surface area (Å²) < 4.78 is 0. The van der Waals surface area contributed by atoms with Gasteiger partial charge in [0.05, 0.1) is 6.42 Å². The first-order valence-corrected chi connectivity index (χ1v) is 7.31. The Morgan fingerprint density at radius 1 is 1.33 bits per heavy atom. The lowest BCUT2D eigenvalue weighted by Gasteiger charge is -2.24. The van der Waals surface area contributed by atoms with Crippen LogP contribution in [0.2, 0.25) is 0 Å². The third-order valence-electron chi connectivity index (χ3n) is 3.25. The maximum absolute atomic E-state index is 12.3. The van der Waals surface area contributed by atoms with Crippen LogP contribution in [0.4, 0.5) is 10.5 Å². The molecule has 1 N–H and O–H groups in total. The van der Waals surface area contributed by atoms with E-state index in [1.54, 1.807) is 11.9 Å². The SMILES string of the molecule is Cc1ccc(N(C)C2SC(=O)N(CCC(=O)O)C2=O)cc1. The largest absolute Gasteiger partial charge is 0.481 e. The molecular formula is C14H16N2O4S. The molecule has 6 nitrogen and oxygen atoms in total. The highest BCUT2D eigenvalue weighted by atomic mass is 32.2. The van der Waals surface area contributed by atoms with E-state index in [-0.39, 0.29) is 18.9 Å². The number of anilines is 1. The monoisotopic (exact) mass is 308 g/mol. The fourth-order valence-corrected chi connectivity index (χ4v) is 3.01. The first-order valence-electron chi connectivity index (χ1n) is 6.43. The molecule has 1 saturated heterocycles. The number of benzene rings is 1. The van der Waals surface area contributed by atoms with Crippen molar-refractivity contribution in [2.45, 2.75) is 18.7 Å². The van der Waals surface area contributed by atoms with Gasteiger partial charge in [-0.1, -0.05) is 17.7 Å². The van der Waals surface area contributed by atoms with Crippen molar-refractivity contribution < 1.29 is 19.5 Å². The molecule has 0 spiro atoms. The normalized spacial score (nSPS) is 18.2. The molecule has 1 aromatic carbocycles.